The molecule has 0 amide bonds. The summed E-state index contributed by atoms with van der Waals surface area (Å²) in [4.78, 5) is 0. The lowest BCUT2D eigenvalue weighted by Gasteiger charge is -2.02. The molecule has 0 unspecified atom stereocenters. The largest absolute Gasteiger partial charge is 0.392 e. The summed E-state index contributed by atoms with van der Waals surface area (Å²) in [5, 5.41) is 8.89. The van der Waals surface area contributed by atoms with Crippen molar-refractivity contribution in [2.45, 2.75) is 13.2 Å². The molecule has 0 radical (unpaired) electrons. The van der Waals surface area contributed by atoms with Crippen LogP contribution in [-0.4, -0.2) is 5.11 Å². The Labute approximate surface area is 79.6 Å². The van der Waals surface area contributed by atoms with Crippen LogP contribution in [0.15, 0.2) is 18.2 Å². The van der Waals surface area contributed by atoms with E-state index >= 15 is 0 Å². The molecule has 0 aliphatic carbocycles. The van der Waals surface area contributed by atoms with Crippen molar-refractivity contribution in [1.29, 1.82) is 0 Å². The van der Waals surface area contributed by atoms with Crippen LogP contribution in [-0.2, 0) is 13.2 Å². The van der Waals surface area contributed by atoms with Crippen molar-refractivity contribution >= 4 is 22.6 Å². The van der Waals surface area contributed by atoms with E-state index in [0.717, 1.165) is 14.7 Å². The predicted molar refractivity (Wildman–Crippen MR) is 53.0 cm³/mol. The van der Waals surface area contributed by atoms with E-state index in [-0.39, 0.29) is 6.61 Å². The van der Waals surface area contributed by atoms with Gasteiger partial charge in [-0.05, 0) is 39.8 Å². The van der Waals surface area contributed by atoms with E-state index in [1.165, 1.54) is 0 Å². The monoisotopic (exact) mass is 263 g/mol. The predicted octanol–water partition coefficient (Wildman–Crippen LogP) is 1.24. The van der Waals surface area contributed by atoms with Crippen LogP contribution in [0.2, 0.25) is 0 Å². The van der Waals surface area contributed by atoms with Crippen molar-refractivity contribution in [3.63, 3.8) is 0 Å². The van der Waals surface area contributed by atoms with E-state index < -0.39 is 0 Å². The minimum absolute atomic E-state index is 0.0894. The first kappa shape index (κ1) is 8.96. The van der Waals surface area contributed by atoms with E-state index in [9.17, 15) is 0 Å². The highest BCUT2D eigenvalue weighted by molar-refractivity contribution is 14.1. The summed E-state index contributed by atoms with van der Waals surface area (Å²) in [6, 6.07) is 5.87. The zero-order valence-corrected chi connectivity index (χ0v) is 8.21. The van der Waals surface area contributed by atoms with Gasteiger partial charge in [0.15, 0.2) is 0 Å². The average molecular weight is 263 g/mol. The first-order valence-electron chi connectivity index (χ1n) is 3.36. The third kappa shape index (κ3) is 2.15. The summed E-state index contributed by atoms with van der Waals surface area (Å²) in [5.74, 6) is 0. The summed E-state index contributed by atoms with van der Waals surface area (Å²) < 4.78 is 1.09. The fraction of sp³-hybridized carbons (Fsp3) is 0.250. The maximum atomic E-state index is 8.89. The number of aliphatic hydroxyl groups excluding tert-OH is 1. The Bertz CT molecular complexity index is 250. The van der Waals surface area contributed by atoms with Crippen LogP contribution in [0.1, 0.15) is 11.1 Å². The minimum Gasteiger partial charge on any atom is -0.392 e. The summed E-state index contributed by atoms with van der Waals surface area (Å²) in [5.41, 5.74) is 7.46. The summed E-state index contributed by atoms with van der Waals surface area (Å²) in [7, 11) is 0. The molecular weight excluding hydrogens is 253 g/mol. The van der Waals surface area contributed by atoms with Crippen molar-refractivity contribution in [2.24, 2.45) is 5.73 Å². The SMILES string of the molecule is NCc1ccc(I)c(CO)c1. The molecule has 1 rings (SSSR count). The maximum absolute atomic E-state index is 8.89. The molecule has 0 fully saturated rings. The van der Waals surface area contributed by atoms with E-state index in [1.54, 1.807) is 0 Å². The fourth-order valence-corrected chi connectivity index (χ4v) is 1.38. The fourth-order valence-electron chi connectivity index (χ4n) is 0.876. The average Bonchev–Trinajstić information content (AvgIpc) is 2.05. The second-order valence-electron chi connectivity index (χ2n) is 2.29. The van der Waals surface area contributed by atoms with Crippen molar-refractivity contribution in [3.05, 3.63) is 32.9 Å². The molecule has 0 aromatic heterocycles. The lowest BCUT2D eigenvalue weighted by molar-refractivity contribution is 0.281. The molecule has 0 saturated carbocycles. The number of nitrogens with two attached hydrogens (primary N) is 1. The van der Waals surface area contributed by atoms with E-state index in [2.05, 4.69) is 22.6 Å². The maximum Gasteiger partial charge on any atom is 0.0692 e. The summed E-state index contributed by atoms with van der Waals surface area (Å²) in [6.45, 7) is 0.621. The Kier molecular flexibility index (Phi) is 3.29. The number of rotatable bonds is 2. The standard InChI is InChI=1S/C8H10INO/c9-8-2-1-6(4-10)3-7(8)5-11/h1-3,11H,4-5,10H2. The molecule has 0 atom stereocenters. The molecule has 0 bridgehead atoms. The van der Waals surface area contributed by atoms with Gasteiger partial charge in [0.25, 0.3) is 0 Å². The number of benzene rings is 1. The smallest absolute Gasteiger partial charge is 0.0692 e. The van der Waals surface area contributed by atoms with Crippen molar-refractivity contribution < 1.29 is 5.11 Å². The third-order valence-corrected chi connectivity index (χ3v) is 2.57. The van der Waals surface area contributed by atoms with Gasteiger partial charge < -0.3 is 10.8 Å². The molecule has 0 aliphatic rings. The number of hydrogen-bond acceptors (Lipinski definition) is 2. The quantitative estimate of drug-likeness (QED) is 0.788. The molecule has 0 heterocycles. The van der Waals surface area contributed by atoms with Gasteiger partial charge in [-0.1, -0.05) is 12.1 Å². The van der Waals surface area contributed by atoms with Gasteiger partial charge in [0, 0.05) is 10.1 Å². The lowest BCUT2D eigenvalue weighted by Crippen LogP contribution is -1.98. The summed E-state index contributed by atoms with van der Waals surface area (Å²) >= 11 is 2.19. The second-order valence-corrected chi connectivity index (χ2v) is 3.45. The Morgan fingerprint density at radius 1 is 1.45 bits per heavy atom. The Hall–Kier alpha value is -0.130. The molecular formula is C8H10INO. The summed E-state index contributed by atoms with van der Waals surface area (Å²) in [6.07, 6.45) is 0. The molecule has 0 aliphatic heterocycles. The molecule has 11 heavy (non-hydrogen) atoms. The van der Waals surface area contributed by atoms with Gasteiger partial charge in [-0.3, -0.25) is 0 Å². The van der Waals surface area contributed by atoms with Crippen molar-refractivity contribution in [2.75, 3.05) is 0 Å². The molecule has 60 valence electrons. The Balaban J connectivity index is 3.02. The number of halogens is 1. The molecule has 1 aromatic rings. The molecule has 3 N–H and O–H groups in total. The third-order valence-electron chi connectivity index (χ3n) is 1.52. The van der Waals surface area contributed by atoms with Gasteiger partial charge in [0.1, 0.15) is 0 Å². The lowest BCUT2D eigenvalue weighted by atomic mass is 10.1. The molecule has 3 heteroatoms. The number of hydrogen-bond donors (Lipinski definition) is 2. The van der Waals surface area contributed by atoms with E-state index in [4.69, 9.17) is 10.8 Å². The Morgan fingerprint density at radius 3 is 2.73 bits per heavy atom. The van der Waals surface area contributed by atoms with Gasteiger partial charge in [-0.2, -0.15) is 0 Å². The van der Waals surface area contributed by atoms with Gasteiger partial charge in [-0.15, -0.1) is 0 Å². The zero-order chi connectivity index (χ0) is 8.27. The van der Waals surface area contributed by atoms with Crippen molar-refractivity contribution in [3.8, 4) is 0 Å². The van der Waals surface area contributed by atoms with Crippen LogP contribution in [0, 0.1) is 3.57 Å². The molecule has 0 saturated heterocycles. The van der Waals surface area contributed by atoms with Gasteiger partial charge >= 0.3 is 0 Å². The zero-order valence-electron chi connectivity index (χ0n) is 6.05. The highest BCUT2D eigenvalue weighted by atomic mass is 127. The molecule has 0 spiro atoms. The minimum atomic E-state index is 0.0894. The number of aliphatic hydroxyl groups is 1. The van der Waals surface area contributed by atoms with Crippen LogP contribution in [0.4, 0.5) is 0 Å². The first-order valence-corrected chi connectivity index (χ1v) is 4.44. The van der Waals surface area contributed by atoms with Gasteiger partial charge in [0.2, 0.25) is 0 Å². The Morgan fingerprint density at radius 2 is 2.18 bits per heavy atom. The first-order chi connectivity index (χ1) is 5.27. The van der Waals surface area contributed by atoms with Crippen LogP contribution in [0.3, 0.4) is 0 Å². The van der Waals surface area contributed by atoms with Gasteiger partial charge in [-0.25, -0.2) is 0 Å². The normalized spacial score (nSPS) is 10.1. The van der Waals surface area contributed by atoms with Gasteiger partial charge in [0.05, 0.1) is 6.61 Å². The highest BCUT2D eigenvalue weighted by Crippen LogP contribution is 2.13. The topological polar surface area (TPSA) is 46.2 Å². The van der Waals surface area contributed by atoms with E-state index in [1.807, 2.05) is 18.2 Å². The van der Waals surface area contributed by atoms with E-state index in [0.29, 0.717) is 6.54 Å². The van der Waals surface area contributed by atoms with Crippen LogP contribution < -0.4 is 5.73 Å². The van der Waals surface area contributed by atoms with Crippen LogP contribution in [0.25, 0.3) is 0 Å². The highest BCUT2D eigenvalue weighted by Gasteiger charge is 1.98. The second kappa shape index (κ2) is 4.04. The van der Waals surface area contributed by atoms with Crippen molar-refractivity contribution in [1.82, 2.24) is 0 Å². The van der Waals surface area contributed by atoms with Crippen LogP contribution >= 0.6 is 22.6 Å². The molecule has 2 nitrogen and oxygen atoms in total. The van der Waals surface area contributed by atoms with Crippen LogP contribution in [0.5, 0.6) is 0 Å². The molecule has 1 aromatic carbocycles.